The fourth-order valence-corrected chi connectivity index (χ4v) is 1.77. The third-order valence-corrected chi connectivity index (χ3v) is 3.10. The van der Waals surface area contributed by atoms with Gasteiger partial charge in [-0.25, -0.2) is 4.68 Å². The molecule has 2 aromatic rings. The number of rotatable bonds is 3. The van der Waals surface area contributed by atoms with E-state index in [1.54, 1.807) is 22.9 Å². The number of hydrogen-bond acceptors (Lipinski definition) is 3. The summed E-state index contributed by atoms with van der Waals surface area (Å²) in [5, 5.41) is 12.4. The molecule has 17 heavy (non-hydrogen) atoms. The van der Waals surface area contributed by atoms with Gasteiger partial charge in [0.2, 0.25) is 0 Å². The Hall–Kier alpha value is -1.10. The quantitative estimate of drug-likeness (QED) is 0.933. The first-order chi connectivity index (χ1) is 8.11. The second-order valence-electron chi connectivity index (χ2n) is 3.69. The zero-order valence-corrected chi connectivity index (χ0v) is 11.0. The van der Waals surface area contributed by atoms with Crippen LogP contribution in [0.15, 0.2) is 24.4 Å². The number of benzene rings is 1. The Morgan fingerprint density at radius 3 is 2.82 bits per heavy atom. The van der Waals surface area contributed by atoms with Crippen LogP contribution < -0.4 is 5.32 Å². The standard InChI is InChI=1S/C11H12Cl2N4/c1-7(14-2)10-6-17(16-15-10)11-5-8(12)3-4-9(11)13/h3-7,14H,1-2H3. The van der Waals surface area contributed by atoms with Gasteiger partial charge in [0.15, 0.2) is 0 Å². The van der Waals surface area contributed by atoms with E-state index in [0.29, 0.717) is 10.0 Å². The molecule has 0 spiro atoms. The molecule has 2 rings (SSSR count). The van der Waals surface area contributed by atoms with Gasteiger partial charge in [-0.3, -0.25) is 0 Å². The Morgan fingerprint density at radius 1 is 1.35 bits per heavy atom. The highest BCUT2D eigenvalue weighted by atomic mass is 35.5. The average molecular weight is 271 g/mol. The number of hydrogen-bond donors (Lipinski definition) is 1. The maximum absolute atomic E-state index is 6.09. The van der Waals surface area contributed by atoms with Crippen LogP contribution in [0.4, 0.5) is 0 Å². The van der Waals surface area contributed by atoms with E-state index >= 15 is 0 Å². The number of aromatic nitrogens is 3. The van der Waals surface area contributed by atoms with Gasteiger partial charge in [0.25, 0.3) is 0 Å². The normalized spacial score (nSPS) is 12.7. The molecular weight excluding hydrogens is 259 g/mol. The topological polar surface area (TPSA) is 42.7 Å². The van der Waals surface area contributed by atoms with Crippen LogP contribution >= 0.6 is 23.2 Å². The molecule has 0 radical (unpaired) electrons. The van der Waals surface area contributed by atoms with Crippen LogP contribution in [0.5, 0.6) is 0 Å². The number of nitrogens with zero attached hydrogens (tertiary/aromatic N) is 3. The Bertz CT molecular complexity index is 524. The van der Waals surface area contributed by atoms with Crippen LogP contribution in [0, 0.1) is 0 Å². The summed E-state index contributed by atoms with van der Waals surface area (Å²) in [6.07, 6.45) is 1.83. The molecule has 0 aliphatic rings. The first-order valence-corrected chi connectivity index (χ1v) is 5.92. The third-order valence-electron chi connectivity index (χ3n) is 2.54. The second-order valence-corrected chi connectivity index (χ2v) is 4.54. The summed E-state index contributed by atoms with van der Waals surface area (Å²) in [6.45, 7) is 2.01. The predicted octanol–water partition coefficient (Wildman–Crippen LogP) is 2.85. The van der Waals surface area contributed by atoms with Crippen LogP contribution in [0.3, 0.4) is 0 Å². The Labute approximate surface area is 110 Å². The molecule has 6 heteroatoms. The summed E-state index contributed by atoms with van der Waals surface area (Å²) < 4.78 is 1.62. The molecule has 0 fully saturated rings. The molecule has 0 aliphatic carbocycles. The molecule has 1 heterocycles. The highest BCUT2D eigenvalue weighted by Gasteiger charge is 2.10. The van der Waals surface area contributed by atoms with Crippen molar-refractivity contribution in [1.82, 2.24) is 20.3 Å². The average Bonchev–Trinajstić information content (AvgIpc) is 2.80. The Morgan fingerprint density at radius 2 is 2.12 bits per heavy atom. The van der Waals surface area contributed by atoms with E-state index in [4.69, 9.17) is 23.2 Å². The lowest BCUT2D eigenvalue weighted by molar-refractivity contribution is 0.630. The maximum Gasteiger partial charge on any atom is 0.0998 e. The zero-order valence-electron chi connectivity index (χ0n) is 9.48. The van der Waals surface area contributed by atoms with Gasteiger partial charge in [0.05, 0.1) is 22.6 Å². The molecule has 0 bridgehead atoms. The van der Waals surface area contributed by atoms with Crippen molar-refractivity contribution in [2.24, 2.45) is 0 Å². The largest absolute Gasteiger partial charge is 0.312 e. The van der Waals surface area contributed by atoms with Crippen molar-refractivity contribution in [3.05, 3.63) is 40.1 Å². The molecule has 1 unspecified atom stereocenters. The fraction of sp³-hybridized carbons (Fsp3) is 0.273. The summed E-state index contributed by atoms with van der Waals surface area (Å²) in [6, 6.07) is 5.37. The third kappa shape index (κ3) is 2.60. The summed E-state index contributed by atoms with van der Waals surface area (Å²) >= 11 is 12.0. The number of nitrogens with one attached hydrogen (secondary N) is 1. The van der Waals surface area contributed by atoms with Gasteiger partial charge in [0, 0.05) is 11.1 Å². The molecule has 0 saturated heterocycles. The van der Waals surface area contributed by atoms with Crippen molar-refractivity contribution in [1.29, 1.82) is 0 Å². The first kappa shape index (κ1) is 12.4. The van der Waals surface area contributed by atoms with Crippen LogP contribution in [-0.4, -0.2) is 22.0 Å². The molecule has 0 aliphatic heterocycles. The summed E-state index contributed by atoms with van der Waals surface area (Å²) in [5.74, 6) is 0. The molecular formula is C11H12Cl2N4. The lowest BCUT2D eigenvalue weighted by atomic mass is 10.2. The first-order valence-electron chi connectivity index (χ1n) is 5.16. The molecule has 0 amide bonds. The van der Waals surface area contributed by atoms with Gasteiger partial charge in [-0.05, 0) is 32.2 Å². The van der Waals surface area contributed by atoms with Crippen molar-refractivity contribution in [3.8, 4) is 5.69 Å². The van der Waals surface area contributed by atoms with Gasteiger partial charge < -0.3 is 5.32 Å². The maximum atomic E-state index is 6.09. The van der Waals surface area contributed by atoms with Gasteiger partial charge in [-0.15, -0.1) is 5.10 Å². The van der Waals surface area contributed by atoms with Crippen LogP contribution in [0.1, 0.15) is 18.7 Å². The fourth-order valence-electron chi connectivity index (χ4n) is 1.40. The molecule has 1 aromatic carbocycles. The van der Waals surface area contributed by atoms with Gasteiger partial charge in [0.1, 0.15) is 0 Å². The lowest BCUT2D eigenvalue weighted by Gasteiger charge is -2.05. The van der Waals surface area contributed by atoms with E-state index < -0.39 is 0 Å². The highest BCUT2D eigenvalue weighted by Crippen LogP contribution is 2.24. The SMILES string of the molecule is CNC(C)c1cn(-c2cc(Cl)ccc2Cl)nn1. The molecule has 1 aromatic heterocycles. The van der Waals surface area contributed by atoms with Crippen molar-refractivity contribution < 1.29 is 0 Å². The van der Waals surface area contributed by atoms with Crippen molar-refractivity contribution in [2.45, 2.75) is 13.0 Å². The van der Waals surface area contributed by atoms with Crippen LogP contribution in [-0.2, 0) is 0 Å². The minimum Gasteiger partial charge on any atom is -0.312 e. The monoisotopic (exact) mass is 270 g/mol. The molecule has 0 saturated carbocycles. The highest BCUT2D eigenvalue weighted by molar-refractivity contribution is 6.34. The summed E-state index contributed by atoms with van der Waals surface area (Å²) in [4.78, 5) is 0. The summed E-state index contributed by atoms with van der Waals surface area (Å²) in [7, 11) is 1.87. The minimum absolute atomic E-state index is 0.140. The predicted molar refractivity (Wildman–Crippen MR) is 68.9 cm³/mol. The van der Waals surface area contributed by atoms with E-state index in [2.05, 4.69) is 15.6 Å². The van der Waals surface area contributed by atoms with Crippen LogP contribution in [0.25, 0.3) is 5.69 Å². The van der Waals surface area contributed by atoms with Crippen molar-refractivity contribution >= 4 is 23.2 Å². The second kappa shape index (κ2) is 5.04. The van der Waals surface area contributed by atoms with E-state index in [9.17, 15) is 0 Å². The Balaban J connectivity index is 2.40. The molecule has 90 valence electrons. The molecule has 1 atom stereocenters. The smallest absolute Gasteiger partial charge is 0.0998 e. The van der Waals surface area contributed by atoms with Gasteiger partial charge in [-0.1, -0.05) is 28.4 Å². The minimum atomic E-state index is 0.140. The van der Waals surface area contributed by atoms with Gasteiger partial charge >= 0.3 is 0 Å². The molecule has 4 nitrogen and oxygen atoms in total. The van der Waals surface area contributed by atoms with E-state index in [1.807, 2.05) is 20.2 Å². The van der Waals surface area contributed by atoms with E-state index in [-0.39, 0.29) is 6.04 Å². The van der Waals surface area contributed by atoms with Gasteiger partial charge in [-0.2, -0.15) is 0 Å². The summed E-state index contributed by atoms with van der Waals surface area (Å²) in [5.41, 5.74) is 1.57. The Kier molecular flexibility index (Phi) is 3.66. The zero-order chi connectivity index (χ0) is 12.4. The van der Waals surface area contributed by atoms with E-state index in [1.165, 1.54) is 0 Å². The van der Waals surface area contributed by atoms with Crippen LogP contribution in [0.2, 0.25) is 10.0 Å². The lowest BCUT2D eigenvalue weighted by Crippen LogP contribution is -2.12. The van der Waals surface area contributed by atoms with Crippen molar-refractivity contribution in [3.63, 3.8) is 0 Å². The van der Waals surface area contributed by atoms with E-state index in [0.717, 1.165) is 11.4 Å². The molecule has 1 N–H and O–H groups in total. The number of halogens is 2. The van der Waals surface area contributed by atoms with Crippen molar-refractivity contribution in [2.75, 3.05) is 7.05 Å².